The Bertz CT molecular complexity index is 2130. The summed E-state index contributed by atoms with van der Waals surface area (Å²) in [6.45, 7) is 3.56. The number of H-pyrrole nitrogens is 2. The fourth-order valence-corrected chi connectivity index (χ4v) is 5.70. The number of halogens is 7. The molecule has 51 heavy (non-hydrogen) atoms. The average Bonchev–Trinajstić information content (AvgIpc) is 3.61. The number of fused-ring (bicyclic) bond motifs is 1. The van der Waals surface area contributed by atoms with E-state index in [2.05, 4.69) is 36.3 Å². The number of hydrogen-bond acceptors (Lipinski definition) is 8. The molecule has 0 radical (unpaired) electrons. The Morgan fingerprint density at radius 1 is 0.784 bits per heavy atom. The van der Waals surface area contributed by atoms with E-state index in [-0.39, 0.29) is 28.7 Å². The van der Waals surface area contributed by atoms with Gasteiger partial charge in [-0.3, -0.25) is 20.1 Å². The molecule has 0 bridgehead atoms. The van der Waals surface area contributed by atoms with E-state index < -0.39 is 56.2 Å². The van der Waals surface area contributed by atoms with Gasteiger partial charge >= 0.3 is 21.6 Å². The smallest absolute Gasteiger partial charge is 0.478 e. The molecule has 0 spiro atoms. The van der Waals surface area contributed by atoms with Gasteiger partial charge in [0.2, 0.25) is 0 Å². The number of carboxylic acids is 1. The minimum absolute atomic E-state index is 0.00531. The van der Waals surface area contributed by atoms with Crippen LogP contribution in [0.1, 0.15) is 44.0 Å². The van der Waals surface area contributed by atoms with Crippen LogP contribution in [0.3, 0.4) is 0 Å². The predicted octanol–water partition coefficient (Wildman–Crippen LogP) is 5.71. The summed E-state index contributed by atoms with van der Waals surface area (Å²) in [7, 11) is -5.84. The number of benzene rings is 3. The number of carboxylic acid groups (broad SMARTS) is 1. The van der Waals surface area contributed by atoms with E-state index in [4.69, 9.17) is 13.0 Å². The Kier molecular flexibility index (Phi) is 9.63. The lowest BCUT2D eigenvalue weighted by atomic mass is 9.70. The summed E-state index contributed by atoms with van der Waals surface area (Å²) < 4.78 is 118. The van der Waals surface area contributed by atoms with Gasteiger partial charge in [0.15, 0.2) is 17.4 Å². The van der Waals surface area contributed by atoms with Crippen molar-refractivity contribution in [3.05, 3.63) is 129 Å². The molecule has 0 fully saturated rings. The zero-order valence-electron chi connectivity index (χ0n) is 26.1. The lowest BCUT2D eigenvalue weighted by Gasteiger charge is -2.51. The summed E-state index contributed by atoms with van der Waals surface area (Å²) in [4.78, 5) is 12.0. The molecule has 6 rings (SSSR count). The van der Waals surface area contributed by atoms with Crippen molar-refractivity contribution in [3.8, 4) is 0 Å². The van der Waals surface area contributed by atoms with Crippen molar-refractivity contribution in [1.29, 1.82) is 0 Å². The lowest BCUT2D eigenvalue weighted by Crippen LogP contribution is -2.69. The van der Waals surface area contributed by atoms with Crippen LogP contribution >= 0.6 is 0 Å². The minimum Gasteiger partial charge on any atom is -0.478 e. The van der Waals surface area contributed by atoms with Crippen molar-refractivity contribution in [1.82, 2.24) is 25.7 Å². The second-order valence-electron chi connectivity index (χ2n) is 11.4. The maximum atomic E-state index is 15.9. The standard InChI is InChI=1S/C30H25F4N7O2.CHF3O3S/c1-15-9-26(39-37-15)35-29(36-27-10-16(2)38-40-27)14-18-11-17(28(42)43)3-6-21(18)30(41-29,22-7-4-19(31)12-24(22)33)23-8-5-20(32)13-25(23)34;2-1(3,4)8(5,6)7/h3-13,41H,14H2,1-2H3,(H,42,43)(H2,35,37,39)(H2,36,38,40);(H,5,6,7). The number of aromatic amines is 2. The minimum atomic E-state index is -5.84. The molecule has 20 heteroatoms. The van der Waals surface area contributed by atoms with Crippen LogP contribution in [0.5, 0.6) is 0 Å². The number of nitrogens with one attached hydrogen (secondary N) is 5. The fraction of sp³-hybridized carbons (Fsp3) is 0.194. The number of rotatable bonds is 7. The monoisotopic (exact) mass is 741 g/mol. The number of aromatic nitrogens is 4. The first kappa shape index (κ1) is 36.8. The van der Waals surface area contributed by atoms with Crippen LogP contribution in [0.25, 0.3) is 0 Å². The summed E-state index contributed by atoms with van der Waals surface area (Å²) in [5.74, 6) is -5.91. The second kappa shape index (κ2) is 13.3. The molecule has 0 unspecified atom stereocenters. The number of anilines is 2. The highest BCUT2D eigenvalue weighted by molar-refractivity contribution is 7.86. The second-order valence-corrected chi connectivity index (χ2v) is 12.8. The van der Waals surface area contributed by atoms with Gasteiger partial charge in [-0.25, -0.2) is 22.4 Å². The molecule has 2 aromatic heterocycles. The summed E-state index contributed by atoms with van der Waals surface area (Å²) in [5.41, 5.74) is -5.94. The van der Waals surface area contributed by atoms with E-state index in [1.165, 1.54) is 30.3 Å². The van der Waals surface area contributed by atoms with E-state index in [0.717, 1.165) is 12.1 Å². The molecule has 3 aromatic carbocycles. The molecular weight excluding hydrogens is 715 g/mol. The number of hydrogen-bond donors (Lipinski definition) is 7. The van der Waals surface area contributed by atoms with Crippen LogP contribution in [0.4, 0.5) is 42.4 Å². The molecule has 0 saturated heterocycles. The summed E-state index contributed by atoms with van der Waals surface area (Å²) in [5, 5.41) is 33.9. The molecule has 12 nitrogen and oxygen atoms in total. The molecule has 0 aliphatic carbocycles. The van der Waals surface area contributed by atoms with Crippen molar-refractivity contribution in [2.24, 2.45) is 0 Å². The van der Waals surface area contributed by atoms with Gasteiger partial charge in [-0.05, 0) is 49.2 Å². The third-order valence-corrected chi connectivity index (χ3v) is 8.26. The SMILES string of the molecule is Cc1cc(NC2(Nc3cc(C)[nH]n3)Cc3cc(C(=O)O)ccc3C(c3ccc(F)cc3F)(c3ccc(F)cc3F)N2)n[nH]1.O=S(=O)(O)C(F)(F)F. The van der Waals surface area contributed by atoms with Crippen LogP contribution in [0.15, 0.2) is 66.7 Å². The number of nitrogens with zero attached hydrogens (tertiary/aromatic N) is 2. The first-order chi connectivity index (χ1) is 23.7. The van der Waals surface area contributed by atoms with Crippen LogP contribution in [-0.4, -0.2) is 55.7 Å². The van der Waals surface area contributed by atoms with Gasteiger partial charge in [-0.2, -0.15) is 31.8 Å². The van der Waals surface area contributed by atoms with Crippen molar-refractivity contribution in [3.63, 3.8) is 0 Å². The van der Waals surface area contributed by atoms with E-state index in [1.807, 2.05) is 0 Å². The molecule has 3 heterocycles. The van der Waals surface area contributed by atoms with Gasteiger partial charge in [-0.1, -0.05) is 18.2 Å². The highest BCUT2D eigenvalue weighted by Crippen LogP contribution is 2.47. The van der Waals surface area contributed by atoms with Crippen molar-refractivity contribution < 1.29 is 53.6 Å². The molecule has 0 amide bonds. The molecule has 270 valence electrons. The summed E-state index contributed by atoms with van der Waals surface area (Å²) >= 11 is 0. The highest BCUT2D eigenvalue weighted by atomic mass is 32.2. The topological polar surface area (TPSA) is 185 Å². The van der Waals surface area contributed by atoms with Crippen molar-refractivity contribution in [2.45, 2.75) is 37.1 Å². The number of aryl methyl sites for hydroxylation is 2. The fourth-order valence-electron chi connectivity index (χ4n) is 5.70. The molecule has 1 aliphatic rings. The van der Waals surface area contributed by atoms with Crippen LogP contribution in [0.2, 0.25) is 0 Å². The number of alkyl halides is 3. The van der Waals surface area contributed by atoms with Crippen LogP contribution in [0, 0.1) is 37.1 Å². The first-order valence-corrected chi connectivity index (χ1v) is 15.9. The third kappa shape index (κ3) is 7.51. The van der Waals surface area contributed by atoms with Gasteiger partial charge < -0.3 is 15.7 Å². The van der Waals surface area contributed by atoms with Crippen LogP contribution < -0.4 is 16.0 Å². The maximum absolute atomic E-state index is 15.9. The van der Waals surface area contributed by atoms with E-state index in [9.17, 15) is 31.9 Å². The Morgan fingerprint density at radius 3 is 1.61 bits per heavy atom. The average molecular weight is 742 g/mol. The number of aromatic carboxylic acids is 1. The van der Waals surface area contributed by atoms with E-state index >= 15 is 8.78 Å². The zero-order valence-corrected chi connectivity index (χ0v) is 26.9. The van der Waals surface area contributed by atoms with E-state index in [0.29, 0.717) is 40.7 Å². The Balaban J connectivity index is 0.000000565. The van der Waals surface area contributed by atoms with Crippen molar-refractivity contribution in [2.75, 3.05) is 10.6 Å². The highest BCUT2D eigenvalue weighted by Gasteiger charge is 2.52. The van der Waals surface area contributed by atoms with Gasteiger partial charge in [0, 0.05) is 53.2 Å². The van der Waals surface area contributed by atoms with Crippen LogP contribution in [-0.2, 0) is 22.1 Å². The quantitative estimate of drug-likeness (QED) is 0.0472. The number of carbonyl (C=O) groups is 1. The lowest BCUT2D eigenvalue weighted by molar-refractivity contribution is -0.0510. The predicted molar refractivity (Wildman–Crippen MR) is 167 cm³/mol. The molecule has 7 N–H and O–H groups in total. The Labute approximate surface area is 283 Å². The first-order valence-electron chi connectivity index (χ1n) is 14.4. The molecule has 0 saturated carbocycles. The zero-order chi connectivity index (χ0) is 37.5. The largest absolute Gasteiger partial charge is 0.522 e. The summed E-state index contributed by atoms with van der Waals surface area (Å²) in [6.07, 6.45) is -0.00531. The van der Waals surface area contributed by atoms with Gasteiger partial charge in [0.25, 0.3) is 0 Å². The molecule has 0 atom stereocenters. The molecular formula is C31H26F7N7O5S. The van der Waals surface area contributed by atoms with Gasteiger partial charge in [0.05, 0.1) is 5.56 Å². The summed E-state index contributed by atoms with van der Waals surface area (Å²) in [6, 6.07) is 13.3. The van der Waals surface area contributed by atoms with E-state index in [1.54, 1.807) is 26.0 Å². The molecule has 1 aliphatic heterocycles. The third-order valence-electron chi connectivity index (χ3n) is 7.67. The maximum Gasteiger partial charge on any atom is 0.522 e. The van der Waals surface area contributed by atoms with Gasteiger partial charge in [0.1, 0.15) is 28.8 Å². The van der Waals surface area contributed by atoms with Gasteiger partial charge in [-0.15, -0.1) is 0 Å². The Hall–Kier alpha value is -5.47. The normalized spacial score (nSPS) is 14.9. The molecule has 5 aromatic rings. The Morgan fingerprint density at radius 2 is 1.24 bits per heavy atom. The van der Waals surface area contributed by atoms with Crippen molar-refractivity contribution >= 4 is 27.7 Å².